The van der Waals surface area contributed by atoms with Crippen molar-refractivity contribution in [2.45, 2.75) is 13.5 Å². The van der Waals surface area contributed by atoms with Crippen molar-refractivity contribution in [2.75, 3.05) is 5.73 Å². The highest BCUT2D eigenvalue weighted by Crippen LogP contribution is 2.21. The molecule has 5 nitrogen and oxygen atoms in total. The molecule has 3 rings (SSSR count). The van der Waals surface area contributed by atoms with Gasteiger partial charge in [0.2, 0.25) is 0 Å². The van der Waals surface area contributed by atoms with Crippen LogP contribution >= 0.6 is 0 Å². The minimum absolute atomic E-state index is 0.276. The molecule has 0 radical (unpaired) electrons. The second-order valence-corrected chi connectivity index (χ2v) is 4.92. The molecule has 21 heavy (non-hydrogen) atoms. The lowest BCUT2D eigenvalue weighted by atomic mass is 10.1. The summed E-state index contributed by atoms with van der Waals surface area (Å²) in [6.07, 6.45) is 0. The Morgan fingerprint density at radius 2 is 2.05 bits per heavy atom. The smallest absolute Gasteiger partial charge is 0.182 e. The van der Waals surface area contributed by atoms with E-state index in [-0.39, 0.29) is 5.82 Å². The molecule has 0 aliphatic heterocycles. The molecular weight excluding hydrogens is 269 g/mol. The average Bonchev–Trinajstić information content (AvgIpc) is 2.85. The van der Waals surface area contributed by atoms with Crippen LogP contribution in [-0.2, 0) is 6.54 Å². The number of nitrogen functional groups attached to an aromatic ring is 1. The number of hydrogen-bond donors (Lipinski definition) is 1. The van der Waals surface area contributed by atoms with E-state index in [0.29, 0.717) is 18.1 Å². The summed E-state index contributed by atoms with van der Waals surface area (Å²) in [5, 5.41) is 11.7. The number of tetrazole rings is 1. The molecule has 0 unspecified atom stereocenters. The van der Waals surface area contributed by atoms with Gasteiger partial charge in [-0.1, -0.05) is 12.1 Å². The predicted molar refractivity (Wildman–Crippen MR) is 77.9 cm³/mol. The van der Waals surface area contributed by atoms with Crippen LogP contribution < -0.4 is 5.73 Å². The third kappa shape index (κ3) is 2.89. The van der Waals surface area contributed by atoms with Crippen LogP contribution in [0.5, 0.6) is 0 Å². The maximum atomic E-state index is 13.2. The monoisotopic (exact) mass is 283 g/mol. The number of halogens is 1. The zero-order valence-electron chi connectivity index (χ0n) is 11.5. The number of anilines is 1. The lowest BCUT2D eigenvalue weighted by Gasteiger charge is -2.07. The van der Waals surface area contributed by atoms with Crippen molar-refractivity contribution in [3.05, 3.63) is 59.4 Å². The Kier molecular flexibility index (Phi) is 3.35. The Morgan fingerprint density at radius 3 is 2.81 bits per heavy atom. The van der Waals surface area contributed by atoms with Crippen LogP contribution in [0.1, 0.15) is 11.1 Å². The molecule has 3 aromatic rings. The zero-order chi connectivity index (χ0) is 14.8. The number of aryl methyl sites for hydroxylation is 1. The van der Waals surface area contributed by atoms with Crippen LogP contribution in [0.3, 0.4) is 0 Å². The van der Waals surface area contributed by atoms with Gasteiger partial charge < -0.3 is 5.73 Å². The van der Waals surface area contributed by atoms with E-state index >= 15 is 0 Å². The maximum Gasteiger partial charge on any atom is 0.182 e. The molecule has 106 valence electrons. The average molecular weight is 283 g/mol. The molecule has 0 amide bonds. The van der Waals surface area contributed by atoms with E-state index in [9.17, 15) is 4.39 Å². The molecule has 1 heterocycles. The molecule has 0 spiro atoms. The molecular formula is C15H14FN5. The Bertz CT molecular complexity index is 761. The Morgan fingerprint density at radius 1 is 1.19 bits per heavy atom. The molecule has 2 aromatic carbocycles. The first-order valence-corrected chi connectivity index (χ1v) is 6.50. The fraction of sp³-hybridized carbons (Fsp3) is 0.133. The first-order chi connectivity index (χ1) is 10.1. The molecule has 0 atom stereocenters. The number of benzene rings is 2. The van der Waals surface area contributed by atoms with Crippen LogP contribution in [0.2, 0.25) is 0 Å². The molecule has 0 saturated carbocycles. The van der Waals surface area contributed by atoms with E-state index in [0.717, 1.165) is 16.7 Å². The minimum Gasteiger partial charge on any atom is -0.399 e. The number of aromatic nitrogens is 4. The third-order valence-electron chi connectivity index (χ3n) is 3.11. The largest absolute Gasteiger partial charge is 0.399 e. The summed E-state index contributed by atoms with van der Waals surface area (Å²) >= 11 is 0. The van der Waals surface area contributed by atoms with Crippen LogP contribution in [0.25, 0.3) is 11.4 Å². The molecule has 0 aliphatic carbocycles. The van der Waals surface area contributed by atoms with Crippen molar-refractivity contribution in [2.24, 2.45) is 0 Å². The van der Waals surface area contributed by atoms with Gasteiger partial charge in [-0.05, 0) is 58.8 Å². The third-order valence-corrected chi connectivity index (χ3v) is 3.11. The van der Waals surface area contributed by atoms with E-state index in [4.69, 9.17) is 5.73 Å². The van der Waals surface area contributed by atoms with Gasteiger partial charge >= 0.3 is 0 Å². The van der Waals surface area contributed by atoms with Crippen molar-refractivity contribution in [3.8, 4) is 11.4 Å². The molecule has 0 fully saturated rings. The summed E-state index contributed by atoms with van der Waals surface area (Å²) in [7, 11) is 0. The van der Waals surface area contributed by atoms with Crippen LogP contribution in [0, 0.1) is 12.7 Å². The van der Waals surface area contributed by atoms with Crippen LogP contribution in [0.15, 0.2) is 42.5 Å². The molecule has 2 N–H and O–H groups in total. The van der Waals surface area contributed by atoms with Crippen molar-refractivity contribution in [3.63, 3.8) is 0 Å². The summed E-state index contributed by atoms with van der Waals surface area (Å²) in [6.45, 7) is 2.36. The van der Waals surface area contributed by atoms with Gasteiger partial charge in [0.15, 0.2) is 5.82 Å². The zero-order valence-corrected chi connectivity index (χ0v) is 11.5. The van der Waals surface area contributed by atoms with Gasteiger partial charge in [0, 0.05) is 11.3 Å². The first kappa shape index (κ1) is 13.2. The SMILES string of the molecule is Cc1cc(N)cc(-c2nnnn2Cc2cccc(F)c2)c1. The maximum absolute atomic E-state index is 13.2. The van der Waals surface area contributed by atoms with Crippen molar-refractivity contribution in [1.29, 1.82) is 0 Å². The van der Waals surface area contributed by atoms with Gasteiger partial charge in [-0.15, -0.1) is 5.10 Å². The van der Waals surface area contributed by atoms with E-state index in [2.05, 4.69) is 15.5 Å². The fourth-order valence-electron chi connectivity index (χ4n) is 2.27. The van der Waals surface area contributed by atoms with Gasteiger partial charge in [-0.25, -0.2) is 9.07 Å². The Labute approximate surface area is 121 Å². The standard InChI is InChI=1S/C15H14FN5/c1-10-5-12(8-14(17)6-10)15-18-19-20-21(15)9-11-3-2-4-13(16)7-11/h2-8H,9,17H2,1H3. The lowest BCUT2D eigenvalue weighted by Crippen LogP contribution is -2.05. The summed E-state index contributed by atoms with van der Waals surface area (Å²) < 4.78 is 14.9. The Hall–Kier alpha value is -2.76. The van der Waals surface area contributed by atoms with Crippen molar-refractivity contribution < 1.29 is 4.39 Å². The molecule has 0 aliphatic rings. The van der Waals surface area contributed by atoms with Gasteiger partial charge in [0.05, 0.1) is 6.54 Å². The topological polar surface area (TPSA) is 69.6 Å². The van der Waals surface area contributed by atoms with E-state index < -0.39 is 0 Å². The minimum atomic E-state index is -0.276. The predicted octanol–water partition coefficient (Wildman–Crippen LogP) is 2.42. The first-order valence-electron chi connectivity index (χ1n) is 6.50. The summed E-state index contributed by atoms with van der Waals surface area (Å²) in [4.78, 5) is 0. The summed E-state index contributed by atoms with van der Waals surface area (Å²) in [6, 6.07) is 12.0. The lowest BCUT2D eigenvalue weighted by molar-refractivity contribution is 0.615. The van der Waals surface area contributed by atoms with Gasteiger partial charge in [0.25, 0.3) is 0 Å². The Balaban J connectivity index is 1.97. The van der Waals surface area contributed by atoms with E-state index in [1.54, 1.807) is 10.7 Å². The van der Waals surface area contributed by atoms with Gasteiger partial charge in [0.1, 0.15) is 5.82 Å². The van der Waals surface area contributed by atoms with Crippen molar-refractivity contribution >= 4 is 5.69 Å². The summed E-state index contributed by atoms with van der Waals surface area (Å²) in [5.41, 5.74) is 9.19. The quantitative estimate of drug-likeness (QED) is 0.749. The molecule has 1 aromatic heterocycles. The molecule has 6 heteroatoms. The molecule has 0 saturated heterocycles. The number of rotatable bonds is 3. The fourth-order valence-corrected chi connectivity index (χ4v) is 2.27. The number of nitrogens with zero attached hydrogens (tertiary/aromatic N) is 4. The summed E-state index contributed by atoms with van der Waals surface area (Å²) in [5.74, 6) is 0.330. The van der Waals surface area contributed by atoms with Crippen molar-refractivity contribution in [1.82, 2.24) is 20.2 Å². The van der Waals surface area contributed by atoms with E-state index in [1.165, 1.54) is 12.1 Å². The van der Waals surface area contributed by atoms with Gasteiger partial charge in [-0.3, -0.25) is 0 Å². The highest BCUT2D eigenvalue weighted by molar-refractivity contribution is 5.62. The number of hydrogen-bond acceptors (Lipinski definition) is 4. The van der Waals surface area contributed by atoms with Gasteiger partial charge in [-0.2, -0.15) is 0 Å². The highest BCUT2D eigenvalue weighted by atomic mass is 19.1. The molecule has 0 bridgehead atoms. The van der Waals surface area contributed by atoms with E-state index in [1.807, 2.05) is 31.2 Å². The number of nitrogens with two attached hydrogens (primary N) is 1. The van der Waals surface area contributed by atoms with Crippen LogP contribution in [0.4, 0.5) is 10.1 Å². The van der Waals surface area contributed by atoms with Crippen LogP contribution in [-0.4, -0.2) is 20.2 Å². The highest BCUT2D eigenvalue weighted by Gasteiger charge is 2.10. The second kappa shape index (κ2) is 5.32. The normalized spacial score (nSPS) is 10.8. The second-order valence-electron chi connectivity index (χ2n) is 4.92.